The van der Waals surface area contributed by atoms with Crippen molar-refractivity contribution in [2.75, 3.05) is 7.11 Å². The molecule has 2 aromatic carbocycles. The Bertz CT molecular complexity index is 706. The summed E-state index contributed by atoms with van der Waals surface area (Å²) in [5, 5.41) is 9.74. The zero-order chi connectivity index (χ0) is 15.2. The van der Waals surface area contributed by atoms with Crippen LogP contribution in [-0.4, -0.2) is 18.2 Å². The molecule has 0 heterocycles. The molecule has 0 saturated carbocycles. The van der Waals surface area contributed by atoms with Gasteiger partial charge in [0.1, 0.15) is 0 Å². The quantitative estimate of drug-likeness (QED) is 0.679. The second kappa shape index (κ2) is 6.74. The molecule has 0 aliphatic rings. The summed E-state index contributed by atoms with van der Waals surface area (Å²) in [6.45, 7) is 1.70. The minimum atomic E-state index is -0.591. The summed E-state index contributed by atoms with van der Waals surface area (Å²) in [6, 6.07) is 14.4. The van der Waals surface area contributed by atoms with Gasteiger partial charge >= 0.3 is 5.97 Å². The number of hydrogen-bond acceptors (Lipinski definition) is 3. The summed E-state index contributed by atoms with van der Waals surface area (Å²) in [6.07, 6.45) is -0.591. The molecule has 0 aromatic heterocycles. The van der Waals surface area contributed by atoms with Crippen LogP contribution in [0.15, 0.2) is 48.5 Å². The number of benzene rings is 2. The maximum atomic E-state index is 11.7. The van der Waals surface area contributed by atoms with Gasteiger partial charge in [0.2, 0.25) is 0 Å². The number of aliphatic hydroxyl groups excluding tert-OH is 1. The SMILES string of the molecule is COC(=O)c1ccccc1C#Cc1ccccc1C(C)O. The fourth-order valence-electron chi connectivity index (χ4n) is 1.99. The third-order valence-electron chi connectivity index (χ3n) is 3.08. The zero-order valence-electron chi connectivity index (χ0n) is 12.0. The number of carbonyl (C=O) groups is 1. The van der Waals surface area contributed by atoms with Crippen LogP contribution >= 0.6 is 0 Å². The lowest BCUT2D eigenvalue weighted by molar-refractivity contribution is 0.0600. The number of rotatable bonds is 2. The van der Waals surface area contributed by atoms with E-state index in [2.05, 4.69) is 11.8 Å². The molecule has 1 N–H and O–H groups in total. The molecule has 2 rings (SSSR count). The van der Waals surface area contributed by atoms with Crippen molar-refractivity contribution in [2.45, 2.75) is 13.0 Å². The third kappa shape index (κ3) is 3.50. The molecule has 3 nitrogen and oxygen atoms in total. The van der Waals surface area contributed by atoms with Gasteiger partial charge in [-0.05, 0) is 30.7 Å². The Kier molecular flexibility index (Phi) is 4.76. The highest BCUT2D eigenvalue weighted by atomic mass is 16.5. The topological polar surface area (TPSA) is 46.5 Å². The van der Waals surface area contributed by atoms with Crippen molar-refractivity contribution in [3.05, 3.63) is 70.8 Å². The van der Waals surface area contributed by atoms with E-state index in [4.69, 9.17) is 4.74 Å². The van der Waals surface area contributed by atoms with E-state index in [1.54, 1.807) is 25.1 Å². The molecule has 0 amide bonds. The van der Waals surface area contributed by atoms with E-state index in [9.17, 15) is 9.90 Å². The largest absolute Gasteiger partial charge is 0.465 e. The van der Waals surface area contributed by atoms with Crippen LogP contribution in [0.5, 0.6) is 0 Å². The first-order valence-electron chi connectivity index (χ1n) is 6.60. The van der Waals surface area contributed by atoms with Gasteiger partial charge in [-0.3, -0.25) is 0 Å². The van der Waals surface area contributed by atoms with Crippen molar-refractivity contribution in [1.29, 1.82) is 0 Å². The van der Waals surface area contributed by atoms with Crippen LogP contribution in [-0.2, 0) is 4.74 Å². The van der Waals surface area contributed by atoms with Gasteiger partial charge in [-0.25, -0.2) is 4.79 Å². The van der Waals surface area contributed by atoms with Crippen LogP contribution < -0.4 is 0 Å². The second-order valence-corrected chi connectivity index (χ2v) is 4.55. The van der Waals surface area contributed by atoms with E-state index in [1.165, 1.54) is 7.11 Å². The smallest absolute Gasteiger partial charge is 0.339 e. The van der Waals surface area contributed by atoms with Crippen LogP contribution in [0.4, 0.5) is 0 Å². The van der Waals surface area contributed by atoms with Crippen molar-refractivity contribution in [2.24, 2.45) is 0 Å². The summed E-state index contributed by atoms with van der Waals surface area (Å²) in [5.74, 6) is 5.58. The average molecular weight is 280 g/mol. The first-order chi connectivity index (χ1) is 10.1. The summed E-state index contributed by atoms with van der Waals surface area (Å²) < 4.78 is 4.74. The Morgan fingerprint density at radius 2 is 1.62 bits per heavy atom. The Morgan fingerprint density at radius 1 is 1.05 bits per heavy atom. The Hall–Kier alpha value is -2.57. The Labute approximate surface area is 124 Å². The van der Waals surface area contributed by atoms with E-state index in [-0.39, 0.29) is 0 Å². The molecule has 2 aromatic rings. The van der Waals surface area contributed by atoms with Gasteiger partial charge in [0.05, 0.1) is 18.8 Å². The van der Waals surface area contributed by atoms with Crippen molar-refractivity contribution in [3.8, 4) is 11.8 Å². The van der Waals surface area contributed by atoms with Crippen molar-refractivity contribution >= 4 is 5.97 Å². The predicted octanol–water partition coefficient (Wildman–Crippen LogP) is 2.93. The van der Waals surface area contributed by atoms with Crippen molar-refractivity contribution in [1.82, 2.24) is 0 Å². The number of esters is 1. The summed E-state index contributed by atoms with van der Waals surface area (Å²) >= 11 is 0. The molecule has 3 heteroatoms. The molecule has 0 bridgehead atoms. The highest BCUT2D eigenvalue weighted by molar-refractivity contribution is 5.92. The van der Waals surface area contributed by atoms with Crippen molar-refractivity contribution in [3.63, 3.8) is 0 Å². The van der Waals surface area contributed by atoms with Crippen molar-refractivity contribution < 1.29 is 14.6 Å². The standard InChI is InChI=1S/C18H16O3/c1-13(19)16-9-5-3-7-14(16)11-12-15-8-4-6-10-17(15)18(20)21-2/h3-10,13,19H,1-2H3. The van der Waals surface area contributed by atoms with E-state index in [0.29, 0.717) is 11.1 Å². The van der Waals surface area contributed by atoms with Gasteiger partial charge in [-0.2, -0.15) is 0 Å². The summed E-state index contributed by atoms with van der Waals surface area (Å²) in [7, 11) is 1.34. The lowest BCUT2D eigenvalue weighted by atomic mass is 10.0. The highest BCUT2D eigenvalue weighted by Crippen LogP contribution is 2.17. The maximum absolute atomic E-state index is 11.7. The average Bonchev–Trinajstić information content (AvgIpc) is 2.52. The van der Waals surface area contributed by atoms with E-state index < -0.39 is 12.1 Å². The molecule has 21 heavy (non-hydrogen) atoms. The summed E-state index contributed by atoms with van der Waals surface area (Å²) in [4.78, 5) is 11.7. The molecular weight excluding hydrogens is 264 g/mol. The van der Waals surface area contributed by atoms with Gasteiger partial charge in [-0.15, -0.1) is 0 Å². The van der Waals surface area contributed by atoms with E-state index in [0.717, 1.165) is 11.1 Å². The minimum absolute atomic E-state index is 0.413. The van der Waals surface area contributed by atoms with Crippen LogP contribution in [0.2, 0.25) is 0 Å². The Morgan fingerprint density at radius 3 is 2.29 bits per heavy atom. The van der Waals surface area contributed by atoms with Gasteiger partial charge in [0.25, 0.3) is 0 Å². The van der Waals surface area contributed by atoms with Gasteiger partial charge in [0.15, 0.2) is 0 Å². The van der Waals surface area contributed by atoms with E-state index in [1.807, 2.05) is 30.3 Å². The molecule has 0 radical (unpaired) electrons. The predicted molar refractivity (Wildman–Crippen MR) is 80.8 cm³/mol. The normalized spacial score (nSPS) is 11.2. The minimum Gasteiger partial charge on any atom is -0.465 e. The molecule has 0 saturated heterocycles. The van der Waals surface area contributed by atoms with E-state index >= 15 is 0 Å². The lowest BCUT2D eigenvalue weighted by Gasteiger charge is -2.06. The summed E-state index contributed by atoms with van der Waals surface area (Å²) in [5.41, 5.74) is 2.54. The maximum Gasteiger partial charge on any atom is 0.339 e. The number of ether oxygens (including phenoxy) is 1. The fraction of sp³-hybridized carbons (Fsp3) is 0.167. The molecule has 0 aliphatic carbocycles. The number of carbonyl (C=O) groups excluding carboxylic acids is 1. The Balaban J connectivity index is 2.43. The van der Waals surface area contributed by atoms with Crippen LogP contribution in [0.3, 0.4) is 0 Å². The monoisotopic (exact) mass is 280 g/mol. The fourth-order valence-corrected chi connectivity index (χ4v) is 1.99. The van der Waals surface area contributed by atoms with Gasteiger partial charge in [0, 0.05) is 11.1 Å². The first-order valence-corrected chi connectivity index (χ1v) is 6.60. The number of aliphatic hydroxyl groups is 1. The van der Waals surface area contributed by atoms with Gasteiger partial charge < -0.3 is 9.84 Å². The van der Waals surface area contributed by atoms with Crippen LogP contribution in [0.1, 0.15) is 40.1 Å². The third-order valence-corrected chi connectivity index (χ3v) is 3.08. The first kappa shape index (κ1) is 14.8. The zero-order valence-corrected chi connectivity index (χ0v) is 12.0. The lowest BCUT2D eigenvalue weighted by Crippen LogP contribution is -2.03. The van der Waals surface area contributed by atoms with Crippen LogP contribution in [0, 0.1) is 11.8 Å². The van der Waals surface area contributed by atoms with Gasteiger partial charge in [-0.1, -0.05) is 42.2 Å². The molecule has 0 spiro atoms. The second-order valence-electron chi connectivity index (χ2n) is 4.55. The highest BCUT2D eigenvalue weighted by Gasteiger charge is 2.09. The number of hydrogen-bond donors (Lipinski definition) is 1. The molecular formula is C18H16O3. The molecule has 0 aliphatic heterocycles. The molecule has 1 unspecified atom stereocenters. The molecule has 1 atom stereocenters. The molecule has 106 valence electrons. The van der Waals surface area contributed by atoms with Crippen LogP contribution in [0.25, 0.3) is 0 Å². The molecule has 0 fully saturated rings. The number of methoxy groups -OCH3 is 1.